The molecule has 4 rings (SSSR count). The van der Waals surface area contributed by atoms with E-state index in [0.29, 0.717) is 11.6 Å². The predicted octanol–water partition coefficient (Wildman–Crippen LogP) is 3.17. The number of halogens is 1. The van der Waals surface area contributed by atoms with E-state index in [-0.39, 0.29) is 6.04 Å². The van der Waals surface area contributed by atoms with Crippen molar-refractivity contribution in [2.24, 2.45) is 4.99 Å². The molecule has 3 aromatic rings. The molecule has 1 aliphatic rings. The van der Waals surface area contributed by atoms with Crippen molar-refractivity contribution in [1.29, 1.82) is 0 Å². The molecule has 3 heterocycles. The second kappa shape index (κ2) is 9.17. The topological polar surface area (TPSA) is 70.4 Å². The van der Waals surface area contributed by atoms with Crippen molar-refractivity contribution < 1.29 is 0 Å². The SMILES string of the molecule is CN=C(NCc1ccccc1-n1ccc(C)n1)NC1CCN(c2ncccc2Cl)C1. The van der Waals surface area contributed by atoms with Gasteiger partial charge in [-0.15, -0.1) is 0 Å². The minimum atomic E-state index is 0.276. The highest BCUT2D eigenvalue weighted by molar-refractivity contribution is 6.32. The molecule has 0 amide bonds. The van der Waals surface area contributed by atoms with Crippen molar-refractivity contribution in [2.75, 3.05) is 25.0 Å². The van der Waals surface area contributed by atoms with Crippen LogP contribution in [0.3, 0.4) is 0 Å². The number of aryl methyl sites for hydroxylation is 1. The summed E-state index contributed by atoms with van der Waals surface area (Å²) in [5, 5.41) is 12.2. The summed E-state index contributed by atoms with van der Waals surface area (Å²) in [5.74, 6) is 1.62. The summed E-state index contributed by atoms with van der Waals surface area (Å²) in [6.45, 7) is 4.39. The molecular weight excluding hydrogens is 398 g/mol. The van der Waals surface area contributed by atoms with Crippen molar-refractivity contribution in [3.8, 4) is 5.69 Å². The van der Waals surface area contributed by atoms with Crippen LogP contribution in [0.25, 0.3) is 5.69 Å². The number of hydrogen-bond acceptors (Lipinski definition) is 4. The second-order valence-corrected chi connectivity index (χ2v) is 7.75. The number of anilines is 1. The summed E-state index contributed by atoms with van der Waals surface area (Å²) >= 11 is 6.30. The predicted molar refractivity (Wildman–Crippen MR) is 122 cm³/mol. The lowest BCUT2D eigenvalue weighted by Crippen LogP contribution is -2.44. The summed E-state index contributed by atoms with van der Waals surface area (Å²) in [6, 6.07) is 14.3. The highest BCUT2D eigenvalue weighted by atomic mass is 35.5. The van der Waals surface area contributed by atoms with E-state index in [1.165, 1.54) is 0 Å². The van der Waals surface area contributed by atoms with Gasteiger partial charge in [-0.1, -0.05) is 29.8 Å². The van der Waals surface area contributed by atoms with E-state index in [1.54, 1.807) is 13.2 Å². The van der Waals surface area contributed by atoms with Gasteiger partial charge in [-0.25, -0.2) is 9.67 Å². The van der Waals surface area contributed by atoms with E-state index in [1.807, 2.05) is 48.1 Å². The maximum atomic E-state index is 6.30. The Bertz CT molecular complexity index is 1030. The fourth-order valence-electron chi connectivity index (χ4n) is 3.68. The van der Waals surface area contributed by atoms with E-state index in [0.717, 1.165) is 48.2 Å². The van der Waals surface area contributed by atoms with Gasteiger partial charge in [-0.3, -0.25) is 4.99 Å². The zero-order valence-corrected chi connectivity index (χ0v) is 18.0. The minimum Gasteiger partial charge on any atom is -0.353 e. The molecule has 156 valence electrons. The van der Waals surface area contributed by atoms with Gasteiger partial charge in [0.2, 0.25) is 0 Å². The first-order valence-electron chi connectivity index (χ1n) is 10.1. The number of guanidine groups is 1. The molecule has 1 fully saturated rings. The van der Waals surface area contributed by atoms with E-state index >= 15 is 0 Å². The molecule has 0 bridgehead atoms. The van der Waals surface area contributed by atoms with Gasteiger partial charge in [-0.2, -0.15) is 5.10 Å². The summed E-state index contributed by atoms with van der Waals surface area (Å²) in [5.41, 5.74) is 3.20. The molecule has 2 aromatic heterocycles. The van der Waals surface area contributed by atoms with Crippen molar-refractivity contribution in [3.05, 3.63) is 71.1 Å². The Balaban J connectivity index is 1.37. The average Bonchev–Trinajstić information content (AvgIpc) is 3.40. The lowest BCUT2D eigenvalue weighted by Gasteiger charge is -2.20. The largest absolute Gasteiger partial charge is 0.353 e. The Labute approximate surface area is 181 Å². The average molecular weight is 424 g/mol. The van der Waals surface area contributed by atoms with Crippen LogP contribution in [-0.2, 0) is 6.54 Å². The Morgan fingerprint density at radius 1 is 1.23 bits per heavy atom. The van der Waals surface area contributed by atoms with Crippen LogP contribution in [0.1, 0.15) is 17.7 Å². The first-order valence-corrected chi connectivity index (χ1v) is 10.4. The molecule has 0 aliphatic carbocycles. The maximum absolute atomic E-state index is 6.30. The number of benzene rings is 1. The number of aliphatic imine (C=N–C) groups is 1. The molecule has 30 heavy (non-hydrogen) atoms. The summed E-state index contributed by atoms with van der Waals surface area (Å²) in [4.78, 5) is 11.0. The molecular formula is C22H26ClN7. The maximum Gasteiger partial charge on any atom is 0.191 e. The molecule has 1 aromatic carbocycles. The normalized spacial score (nSPS) is 16.7. The molecule has 2 N–H and O–H groups in total. The van der Waals surface area contributed by atoms with E-state index < -0.39 is 0 Å². The number of aromatic nitrogens is 3. The van der Waals surface area contributed by atoms with Gasteiger partial charge in [0.25, 0.3) is 0 Å². The van der Waals surface area contributed by atoms with Crippen molar-refractivity contribution >= 4 is 23.4 Å². The quantitative estimate of drug-likeness (QED) is 0.487. The van der Waals surface area contributed by atoms with Gasteiger partial charge in [0.05, 0.1) is 16.4 Å². The third-order valence-corrected chi connectivity index (χ3v) is 5.49. The van der Waals surface area contributed by atoms with Gasteiger partial charge in [0.1, 0.15) is 5.82 Å². The Hall–Kier alpha value is -3.06. The lowest BCUT2D eigenvalue weighted by molar-refractivity contribution is 0.647. The van der Waals surface area contributed by atoms with Gasteiger partial charge >= 0.3 is 0 Å². The molecule has 0 radical (unpaired) electrons. The fraction of sp³-hybridized carbons (Fsp3) is 0.318. The lowest BCUT2D eigenvalue weighted by atomic mass is 10.2. The van der Waals surface area contributed by atoms with Crippen LogP contribution in [0.2, 0.25) is 5.02 Å². The minimum absolute atomic E-state index is 0.276. The smallest absolute Gasteiger partial charge is 0.191 e. The van der Waals surface area contributed by atoms with Crippen LogP contribution in [0.5, 0.6) is 0 Å². The monoisotopic (exact) mass is 423 g/mol. The molecule has 1 saturated heterocycles. The standard InChI is InChI=1S/C22H26ClN7/c1-16-9-13-30(28-16)20-8-4-3-6-17(20)14-26-22(24-2)27-18-10-12-29(15-18)21-19(23)7-5-11-25-21/h3-9,11,13,18H,10,12,14-15H2,1-2H3,(H2,24,26,27). The van der Waals surface area contributed by atoms with Crippen molar-refractivity contribution in [2.45, 2.75) is 25.9 Å². The number of pyridine rings is 1. The summed E-state index contributed by atoms with van der Waals surface area (Å²) < 4.78 is 1.91. The van der Waals surface area contributed by atoms with E-state index in [2.05, 4.69) is 42.7 Å². The third-order valence-electron chi connectivity index (χ3n) is 5.20. The first kappa shape index (κ1) is 20.2. The first-order chi connectivity index (χ1) is 14.6. The summed E-state index contributed by atoms with van der Waals surface area (Å²) in [7, 11) is 1.79. The molecule has 0 saturated carbocycles. The van der Waals surface area contributed by atoms with Crippen LogP contribution in [0.15, 0.2) is 59.9 Å². The zero-order chi connectivity index (χ0) is 20.9. The highest BCUT2D eigenvalue weighted by Crippen LogP contribution is 2.25. The van der Waals surface area contributed by atoms with Gasteiger partial charge < -0.3 is 15.5 Å². The third kappa shape index (κ3) is 4.57. The van der Waals surface area contributed by atoms with Crippen LogP contribution in [-0.4, -0.2) is 46.9 Å². The number of rotatable bonds is 5. The molecule has 1 atom stereocenters. The Kier molecular flexibility index (Phi) is 6.18. The second-order valence-electron chi connectivity index (χ2n) is 7.34. The zero-order valence-electron chi connectivity index (χ0n) is 17.2. The van der Waals surface area contributed by atoms with Crippen LogP contribution < -0.4 is 15.5 Å². The molecule has 1 unspecified atom stereocenters. The van der Waals surface area contributed by atoms with Crippen molar-refractivity contribution in [3.63, 3.8) is 0 Å². The van der Waals surface area contributed by atoms with Crippen LogP contribution >= 0.6 is 11.6 Å². The van der Waals surface area contributed by atoms with Gasteiger partial charge in [0, 0.05) is 45.1 Å². The van der Waals surface area contributed by atoms with Crippen LogP contribution in [0, 0.1) is 6.92 Å². The highest BCUT2D eigenvalue weighted by Gasteiger charge is 2.25. The number of nitrogens with one attached hydrogen (secondary N) is 2. The fourth-order valence-corrected chi connectivity index (χ4v) is 3.92. The van der Waals surface area contributed by atoms with Crippen molar-refractivity contribution in [1.82, 2.24) is 25.4 Å². The number of para-hydroxylation sites is 1. The molecule has 1 aliphatic heterocycles. The van der Waals surface area contributed by atoms with Crippen LogP contribution in [0.4, 0.5) is 5.82 Å². The van der Waals surface area contributed by atoms with Gasteiger partial charge in [0.15, 0.2) is 5.96 Å². The number of nitrogens with zero attached hydrogens (tertiary/aromatic N) is 5. The van der Waals surface area contributed by atoms with Gasteiger partial charge in [-0.05, 0) is 43.2 Å². The molecule has 7 nitrogen and oxygen atoms in total. The number of hydrogen-bond donors (Lipinski definition) is 2. The Morgan fingerprint density at radius 3 is 2.87 bits per heavy atom. The summed E-state index contributed by atoms with van der Waals surface area (Å²) in [6.07, 6.45) is 4.76. The van der Waals surface area contributed by atoms with E-state index in [4.69, 9.17) is 11.6 Å². The molecule has 0 spiro atoms. The van der Waals surface area contributed by atoms with E-state index in [9.17, 15) is 0 Å². The Morgan fingerprint density at radius 2 is 2.10 bits per heavy atom. The molecule has 8 heteroatoms.